The number of rotatable bonds is 5. The second kappa shape index (κ2) is 6.79. The Bertz CT molecular complexity index is 480. The van der Waals surface area contributed by atoms with Gasteiger partial charge in [0.1, 0.15) is 11.6 Å². The zero-order valence-electron chi connectivity index (χ0n) is 10.2. The van der Waals surface area contributed by atoms with E-state index in [-0.39, 0.29) is 18.7 Å². The number of nitrogens with one attached hydrogen (secondary N) is 2. The first kappa shape index (κ1) is 15.0. The Balaban J connectivity index is 2.54. The number of carbonyl (C=O) groups excluding carboxylic acids is 2. The van der Waals surface area contributed by atoms with E-state index in [0.717, 1.165) is 12.1 Å². The summed E-state index contributed by atoms with van der Waals surface area (Å²) in [6.07, 6.45) is 0. The fourth-order valence-corrected chi connectivity index (χ4v) is 1.30. The second-order valence-corrected chi connectivity index (χ2v) is 3.96. The fourth-order valence-electron chi connectivity index (χ4n) is 1.30. The summed E-state index contributed by atoms with van der Waals surface area (Å²) in [5.74, 6) is -3.12. The Labute approximate surface area is 108 Å². The SMILES string of the molecule is CC(CO)NC(=O)CNC(=O)c1ccc(F)cc1F. The minimum absolute atomic E-state index is 0.230. The van der Waals surface area contributed by atoms with Crippen LogP contribution in [0.3, 0.4) is 0 Å². The summed E-state index contributed by atoms with van der Waals surface area (Å²) in [7, 11) is 0. The van der Waals surface area contributed by atoms with Crippen LogP contribution in [0.15, 0.2) is 18.2 Å². The molecule has 0 saturated heterocycles. The summed E-state index contributed by atoms with van der Waals surface area (Å²) >= 11 is 0. The lowest BCUT2D eigenvalue weighted by atomic mass is 10.2. The van der Waals surface area contributed by atoms with Gasteiger partial charge in [0.15, 0.2) is 0 Å². The maximum Gasteiger partial charge on any atom is 0.254 e. The van der Waals surface area contributed by atoms with Crippen LogP contribution in [0.5, 0.6) is 0 Å². The molecule has 0 radical (unpaired) electrons. The topological polar surface area (TPSA) is 78.4 Å². The predicted octanol–water partition coefficient (Wildman–Crippen LogP) is 0.192. The summed E-state index contributed by atoms with van der Waals surface area (Å²) in [5.41, 5.74) is -0.343. The highest BCUT2D eigenvalue weighted by atomic mass is 19.1. The van der Waals surface area contributed by atoms with Gasteiger partial charge in [-0.2, -0.15) is 0 Å². The fraction of sp³-hybridized carbons (Fsp3) is 0.333. The normalized spacial score (nSPS) is 11.8. The molecule has 0 fully saturated rings. The summed E-state index contributed by atoms with van der Waals surface area (Å²) in [5, 5.41) is 13.3. The zero-order chi connectivity index (χ0) is 14.4. The van der Waals surface area contributed by atoms with Crippen LogP contribution < -0.4 is 10.6 Å². The maximum atomic E-state index is 13.3. The Morgan fingerprint density at radius 1 is 1.37 bits per heavy atom. The van der Waals surface area contributed by atoms with Gasteiger partial charge in [-0.05, 0) is 19.1 Å². The molecule has 0 aliphatic rings. The Morgan fingerprint density at radius 2 is 2.05 bits per heavy atom. The lowest BCUT2D eigenvalue weighted by Crippen LogP contribution is -2.42. The molecule has 1 unspecified atom stereocenters. The lowest BCUT2D eigenvalue weighted by molar-refractivity contribution is -0.121. The Kier molecular flexibility index (Phi) is 5.37. The highest BCUT2D eigenvalue weighted by Crippen LogP contribution is 2.08. The smallest absolute Gasteiger partial charge is 0.254 e. The lowest BCUT2D eigenvalue weighted by Gasteiger charge is -2.11. The van der Waals surface area contributed by atoms with E-state index < -0.39 is 29.5 Å². The van der Waals surface area contributed by atoms with E-state index in [1.165, 1.54) is 0 Å². The maximum absolute atomic E-state index is 13.3. The molecule has 7 heteroatoms. The van der Waals surface area contributed by atoms with Crippen LogP contribution in [-0.4, -0.2) is 36.1 Å². The average molecular weight is 272 g/mol. The molecule has 3 N–H and O–H groups in total. The van der Waals surface area contributed by atoms with E-state index >= 15 is 0 Å². The summed E-state index contributed by atoms with van der Waals surface area (Å²) in [6.45, 7) is 0.992. The number of aliphatic hydroxyl groups is 1. The van der Waals surface area contributed by atoms with Gasteiger partial charge >= 0.3 is 0 Å². The number of amides is 2. The molecule has 0 aliphatic carbocycles. The van der Waals surface area contributed by atoms with Crippen LogP contribution in [0.1, 0.15) is 17.3 Å². The standard InChI is InChI=1S/C12H14F2N2O3/c1-7(6-17)16-11(18)5-15-12(19)9-3-2-8(13)4-10(9)14/h2-4,7,17H,5-6H2,1H3,(H,15,19)(H,16,18). The first-order valence-electron chi connectivity index (χ1n) is 5.57. The van der Waals surface area contributed by atoms with Crippen molar-refractivity contribution in [2.75, 3.05) is 13.2 Å². The van der Waals surface area contributed by atoms with Gasteiger partial charge in [-0.15, -0.1) is 0 Å². The van der Waals surface area contributed by atoms with Crippen molar-refractivity contribution >= 4 is 11.8 Å². The first-order valence-corrected chi connectivity index (χ1v) is 5.57. The van der Waals surface area contributed by atoms with Gasteiger partial charge in [0, 0.05) is 12.1 Å². The van der Waals surface area contributed by atoms with E-state index in [0.29, 0.717) is 6.07 Å². The average Bonchev–Trinajstić information content (AvgIpc) is 2.35. The van der Waals surface area contributed by atoms with E-state index in [1.54, 1.807) is 6.92 Å². The van der Waals surface area contributed by atoms with Crippen LogP contribution in [0.25, 0.3) is 0 Å². The summed E-state index contributed by atoms with van der Waals surface area (Å²) in [6, 6.07) is 2.09. The number of benzene rings is 1. The second-order valence-electron chi connectivity index (χ2n) is 3.96. The van der Waals surface area contributed by atoms with Gasteiger partial charge in [-0.25, -0.2) is 8.78 Å². The molecule has 1 aromatic rings. The number of hydrogen-bond acceptors (Lipinski definition) is 3. The van der Waals surface area contributed by atoms with Crippen LogP contribution in [0, 0.1) is 11.6 Å². The van der Waals surface area contributed by atoms with Gasteiger partial charge < -0.3 is 15.7 Å². The Morgan fingerprint density at radius 3 is 2.63 bits per heavy atom. The third-order valence-corrected chi connectivity index (χ3v) is 2.27. The van der Waals surface area contributed by atoms with Crippen molar-refractivity contribution in [1.82, 2.24) is 10.6 Å². The van der Waals surface area contributed by atoms with Crippen LogP contribution in [0.2, 0.25) is 0 Å². The number of halogens is 2. The minimum atomic E-state index is -0.998. The third kappa shape index (κ3) is 4.63. The monoisotopic (exact) mass is 272 g/mol. The van der Waals surface area contributed by atoms with Crippen LogP contribution >= 0.6 is 0 Å². The highest BCUT2D eigenvalue weighted by molar-refractivity contribution is 5.96. The van der Waals surface area contributed by atoms with Crippen molar-refractivity contribution in [3.8, 4) is 0 Å². The zero-order valence-corrected chi connectivity index (χ0v) is 10.2. The molecule has 1 rings (SSSR count). The Hall–Kier alpha value is -2.02. The van der Waals surface area contributed by atoms with Crippen LogP contribution in [-0.2, 0) is 4.79 Å². The van der Waals surface area contributed by atoms with Crippen LogP contribution in [0.4, 0.5) is 8.78 Å². The van der Waals surface area contributed by atoms with Gasteiger partial charge in [0.2, 0.25) is 5.91 Å². The third-order valence-electron chi connectivity index (χ3n) is 2.27. The number of hydrogen-bond donors (Lipinski definition) is 3. The van der Waals surface area contributed by atoms with Crippen molar-refractivity contribution in [1.29, 1.82) is 0 Å². The van der Waals surface area contributed by atoms with E-state index in [2.05, 4.69) is 10.6 Å². The van der Waals surface area contributed by atoms with E-state index in [4.69, 9.17) is 5.11 Å². The van der Waals surface area contributed by atoms with Gasteiger partial charge in [-0.1, -0.05) is 0 Å². The molecular formula is C12H14F2N2O3. The van der Waals surface area contributed by atoms with Crippen molar-refractivity contribution in [2.24, 2.45) is 0 Å². The summed E-state index contributed by atoms with van der Waals surface area (Å²) < 4.78 is 25.9. The molecule has 104 valence electrons. The molecule has 0 spiro atoms. The highest BCUT2D eigenvalue weighted by Gasteiger charge is 2.14. The first-order chi connectivity index (χ1) is 8.93. The van der Waals surface area contributed by atoms with E-state index in [1.807, 2.05) is 0 Å². The number of carbonyl (C=O) groups is 2. The molecule has 0 aliphatic heterocycles. The minimum Gasteiger partial charge on any atom is -0.394 e. The molecule has 1 aromatic carbocycles. The van der Waals surface area contributed by atoms with Crippen molar-refractivity contribution in [3.05, 3.63) is 35.4 Å². The number of aliphatic hydroxyl groups excluding tert-OH is 1. The molecule has 0 heterocycles. The molecule has 0 bridgehead atoms. The van der Waals surface area contributed by atoms with Crippen molar-refractivity contribution in [3.63, 3.8) is 0 Å². The largest absolute Gasteiger partial charge is 0.394 e. The van der Waals surface area contributed by atoms with Crippen molar-refractivity contribution in [2.45, 2.75) is 13.0 Å². The van der Waals surface area contributed by atoms with Gasteiger partial charge in [0.25, 0.3) is 5.91 Å². The predicted molar refractivity (Wildman–Crippen MR) is 63.4 cm³/mol. The van der Waals surface area contributed by atoms with Gasteiger partial charge in [0.05, 0.1) is 18.7 Å². The summed E-state index contributed by atoms with van der Waals surface area (Å²) in [4.78, 5) is 22.8. The molecule has 5 nitrogen and oxygen atoms in total. The molecule has 0 saturated carbocycles. The molecular weight excluding hydrogens is 258 g/mol. The molecule has 2 amide bonds. The quantitative estimate of drug-likeness (QED) is 0.716. The van der Waals surface area contributed by atoms with E-state index in [9.17, 15) is 18.4 Å². The molecule has 1 atom stereocenters. The molecule has 0 aromatic heterocycles. The molecule has 19 heavy (non-hydrogen) atoms. The van der Waals surface area contributed by atoms with Crippen molar-refractivity contribution < 1.29 is 23.5 Å². The van der Waals surface area contributed by atoms with Gasteiger partial charge in [-0.3, -0.25) is 9.59 Å².